The van der Waals surface area contributed by atoms with Crippen LogP contribution >= 0.6 is 27.3 Å². The van der Waals surface area contributed by atoms with E-state index in [0.29, 0.717) is 0 Å². The Kier molecular flexibility index (Phi) is 4.21. The van der Waals surface area contributed by atoms with Crippen LogP contribution in [-0.2, 0) is 6.54 Å². The van der Waals surface area contributed by atoms with Gasteiger partial charge in [0.15, 0.2) is 0 Å². The maximum Gasteiger partial charge on any atom is 0.136 e. The summed E-state index contributed by atoms with van der Waals surface area (Å²) in [6, 6.07) is 4.05. The second-order valence-corrected chi connectivity index (χ2v) is 5.17. The molecule has 0 unspecified atom stereocenters. The van der Waals surface area contributed by atoms with E-state index in [2.05, 4.69) is 38.9 Å². The summed E-state index contributed by atoms with van der Waals surface area (Å²) in [5.74, 6) is 1.92. The minimum atomic E-state index is 0.801. The molecule has 0 aliphatic heterocycles. The average Bonchev–Trinajstić information content (AvgIpc) is 2.87. The number of halogens is 1. The van der Waals surface area contributed by atoms with Gasteiger partial charge in [-0.3, -0.25) is 0 Å². The summed E-state index contributed by atoms with van der Waals surface area (Å²) in [5.41, 5.74) is 1.13. The van der Waals surface area contributed by atoms with Gasteiger partial charge in [0, 0.05) is 20.8 Å². The summed E-state index contributed by atoms with van der Waals surface area (Å²) in [4.78, 5) is 0. The van der Waals surface area contributed by atoms with Crippen molar-refractivity contribution in [3.8, 4) is 11.3 Å². The van der Waals surface area contributed by atoms with Gasteiger partial charge in [0.1, 0.15) is 11.5 Å². The van der Waals surface area contributed by atoms with Gasteiger partial charge in [0.05, 0.1) is 6.54 Å². The molecular weight excluding hydrogens is 286 g/mol. The van der Waals surface area contributed by atoms with Crippen LogP contribution in [0.1, 0.15) is 19.1 Å². The van der Waals surface area contributed by atoms with Gasteiger partial charge in [0.25, 0.3) is 0 Å². The van der Waals surface area contributed by atoms with E-state index in [9.17, 15) is 0 Å². The minimum Gasteiger partial charge on any atom is -0.460 e. The fourth-order valence-electron chi connectivity index (χ4n) is 1.46. The molecule has 0 spiro atoms. The van der Waals surface area contributed by atoms with Crippen LogP contribution in [0.15, 0.2) is 31.8 Å². The average molecular weight is 300 g/mol. The Labute approximate surface area is 108 Å². The molecule has 0 saturated carbocycles. The number of furan rings is 1. The highest BCUT2D eigenvalue weighted by Gasteiger charge is 2.08. The first kappa shape index (κ1) is 11.9. The fraction of sp³-hybridized carbons (Fsp3) is 0.333. The van der Waals surface area contributed by atoms with Crippen LogP contribution in [0.25, 0.3) is 11.3 Å². The molecule has 0 amide bonds. The molecule has 0 radical (unpaired) electrons. The van der Waals surface area contributed by atoms with Crippen molar-refractivity contribution in [1.82, 2.24) is 5.32 Å². The maximum absolute atomic E-state index is 5.77. The highest BCUT2D eigenvalue weighted by molar-refractivity contribution is 9.10. The second-order valence-electron chi connectivity index (χ2n) is 3.58. The van der Waals surface area contributed by atoms with E-state index in [1.165, 1.54) is 0 Å². The van der Waals surface area contributed by atoms with E-state index in [0.717, 1.165) is 41.1 Å². The van der Waals surface area contributed by atoms with Crippen LogP contribution in [0.2, 0.25) is 0 Å². The lowest BCUT2D eigenvalue weighted by molar-refractivity contribution is 0.493. The summed E-state index contributed by atoms with van der Waals surface area (Å²) in [7, 11) is 0. The topological polar surface area (TPSA) is 25.2 Å². The lowest BCUT2D eigenvalue weighted by Gasteiger charge is -1.99. The zero-order valence-corrected chi connectivity index (χ0v) is 11.5. The predicted molar refractivity (Wildman–Crippen MR) is 71.7 cm³/mol. The van der Waals surface area contributed by atoms with E-state index < -0.39 is 0 Å². The summed E-state index contributed by atoms with van der Waals surface area (Å²) >= 11 is 5.18. The smallest absolute Gasteiger partial charge is 0.136 e. The molecule has 0 bridgehead atoms. The third kappa shape index (κ3) is 2.75. The molecular formula is C12H14BrNOS. The number of thiophene rings is 1. The lowest BCUT2D eigenvalue weighted by Crippen LogP contribution is -2.12. The predicted octanol–water partition coefficient (Wildman–Crippen LogP) is 4.27. The Morgan fingerprint density at radius 3 is 2.94 bits per heavy atom. The van der Waals surface area contributed by atoms with E-state index >= 15 is 0 Å². The van der Waals surface area contributed by atoms with Crippen LogP contribution in [0, 0.1) is 0 Å². The Hall–Kier alpha value is -0.580. The van der Waals surface area contributed by atoms with Crippen molar-refractivity contribution in [1.29, 1.82) is 0 Å². The standard InChI is InChI=1S/C12H14BrNOS/c1-2-5-14-6-9-3-4-12(15-9)10-7-16-8-11(10)13/h3-4,7-8,14H,2,5-6H2,1H3. The molecule has 2 rings (SSSR count). The molecule has 2 nitrogen and oxygen atoms in total. The maximum atomic E-state index is 5.77. The van der Waals surface area contributed by atoms with Crippen LogP contribution in [-0.4, -0.2) is 6.54 Å². The van der Waals surface area contributed by atoms with Gasteiger partial charge in [-0.25, -0.2) is 0 Å². The van der Waals surface area contributed by atoms with E-state index in [1.807, 2.05) is 12.1 Å². The zero-order valence-electron chi connectivity index (χ0n) is 9.13. The summed E-state index contributed by atoms with van der Waals surface area (Å²) in [6.45, 7) is 3.98. The Balaban J connectivity index is 2.05. The van der Waals surface area contributed by atoms with Crippen molar-refractivity contribution >= 4 is 27.3 Å². The molecule has 2 heterocycles. The van der Waals surface area contributed by atoms with Crippen molar-refractivity contribution in [3.05, 3.63) is 33.1 Å². The number of rotatable bonds is 5. The third-order valence-electron chi connectivity index (χ3n) is 2.27. The number of nitrogens with one attached hydrogen (secondary N) is 1. The van der Waals surface area contributed by atoms with Crippen molar-refractivity contribution in [2.45, 2.75) is 19.9 Å². The largest absolute Gasteiger partial charge is 0.460 e. The lowest BCUT2D eigenvalue weighted by atomic mass is 10.3. The molecule has 1 N–H and O–H groups in total. The monoisotopic (exact) mass is 299 g/mol. The van der Waals surface area contributed by atoms with Crippen LogP contribution in [0.3, 0.4) is 0 Å². The van der Waals surface area contributed by atoms with Crippen molar-refractivity contribution in [2.75, 3.05) is 6.54 Å². The molecule has 0 saturated heterocycles. The molecule has 16 heavy (non-hydrogen) atoms. The van der Waals surface area contributed by atoms with E-state index in [4.69, 9.17) is 4.42 Å². The van der Waals surface area contributed by atoms with Crippen LogP contribution in [0.4, 0.5) is 0 Å². The van der Waals surface area contributed by atoms with Crippen molar-refractivity contribution in [3.63, 3.8) is 0 Å². The van der Waals surface area contributed by atoms with Gasteiger partial charge in [-0.2, -0.15) is 11.3 Å². The highest BCUT2D eigenvalue weighted by atomic mass is 79.9. The van der Waals surface area contributed by atoms with E-state index in [-0.39, 0.29) is 0 Å². The second kappa shape index (κ2) is 5.66. The zero-order chi connectivity index (χ0) is 11.4. The van der Waals surface area contributed by atoms with Gasteiger partial charge >= 0.3 is 0 Å². The molecule has 0 fully saturated rings. The summed E-state index contributed by atoms with van der Waals surface area (Å²) in [5, 5.41) is 7.47. The minimum absolute atomic E-state index is 0.801. The van der Waals surface area contributed by atoms with Gasteiger partial charge in [-0.05, 0) is 41.0 Å². The molecule has 86 valence electrons. The van der Waals surface area contributed by atoms with Gasteiger partial charge in [0.2, 0.25) is 0 Å². The van der Waals surface area contributed by atoms with Gasteiger partial charge in [-0.15, -0.1) is 0 Å². The highest BCUT2D eigenvalue weighted by Crippen LogP contribution is 2.32. The van der Waals surface area contributed by atoms with Crippen LogP contribution < -0.4 is 5.32 Å². The Morgan fingerprint density at radius 1 is 1.38 bits per heavy atom. The first-order valence-electron chi connectivity index (χ1n) is 5.32. The SMILES string of the molecule is CCCNCc1ccc(-c2cscc2Br)o1. The summed E-state index contributed by atoms with van der Waals surface area (Å²) < 4.78 is 6.87. The first-order valence-corrected chi connectivity index (χ1v) is 7.06. The molecule has 2 aromatic heterocycles. The molecule has 0 aliphatic rings. The third-order valence-corrected chi connectivity index (χ3v) is 3.97. The molecule has 2 aromatic rings. The van der Waals surface area contributed by atoms with Crippen molar-refractivity contribution < 1.29 is 4.42 Å². The van der Waals surface area contributed by atoms with Crippen molar-refractivity contribution in [2.24, 2.45) is 0 Å². The molecule has 0 aliphatic carbocycles. The quantitative estimate of drug-likeness (QED) is 0.834. The number of hydrogen-bond acceptors (Lipinski definition) is 3. The number of hydrogen-bond donors (Lipinski definition) is 1. The molecule has 0 atom stereocenters. The van der Waals surface area contributed by atoms with Crippen LogP contribution in [0.5, 0.6) is 0 Å². The Morgan fingerprint density at radius 2 is 2.25 bits per heavy atom. The normalized spacial score (nSPS) is 10.9. The fourth-order valence-corrected chi connectivity index (χ4v) is 2.94. The molecule has 0 aromatic carbocycles. The molecule has 4 heteroatoms. The first-order chi connectivity index (χ1) is 7.81. The van der Waals surface area contributed by atoms with Gasteiger partial charge < -0.3 is 9.73 Å². The Bertz CT molecular complexity index is 449. The van der Waals surface area contributed by atoms with Gasteiger partial charge in [-0.1, -0.05) is 6.92 Å². The van der Waals surface area contributed by atoms with E-state index in [1.54, 1.807) is 11.3 Å². The summed E-state index contributed by atoms with van der Waals surface area (Å²) in [6.07, 6.45) is 1.14.